The molecule has 0 aliphatic carbocycles. The number of nitrogens with zero attached hydrogens (tertiary/aromatic N) is 3. The standard InChI is InChI=1S/C18H20N4O/c1-3-4-11-22-17(13(2)12-20-22)21-18(23)15-9-10-19-16-8-6-5-7-14(15)16/h5-10,12H,3-4,11H2,1-2H3,(H,21,23). The number of anilines is 1. The fourth-order valence-electron chi connectivity index (χ4n) is 2.59. The summed E-state index contributed by atoms with van der Waals surface area (Å²) in [5, 5.41) is 8.21. The number of benzene rings is 1. The number of fused-ring (bicyclic) bond motifs is 1. The average Bonchev–Trinajstić information content (AvgIpc) is 2.92. The Kier molecular flexibility index (Phi) is 4.37. The summed E-state index contributed by atoms with van der Waals surface area (Å²) in [5.41, 5.74) is 2.41. The predicted molar refractivity (Wildman–Crippen MR) is 91.6 cm³/mol. The normalized spacial score (nSPS) is 10.9. The Hall–Kier alpha value is -2.69. The molecule has 3 aromatic rings. The molecule has 5 heteroatoms. The molecule has 2 heterocycles. The number of hydrogen-bond acceptors (Lipinski definition) is 3. The molecule has 0 saturated carbocycles. The van der Waals surface area contributed by atoms with E-state index in [2.05, 4.69) is 22.3 Å². The van der Waals surface area contributed by atoms with Gasteiger partial charge in [-0.1, -0.05) is 31.5 Å². The lowest BCUT2D eigenvalue weighted by atomic mass is 10.1. The van der Waals surface area contributed by atoms with Gasteiger partial charge in [-0.15, -0.1) is 0 Å². The Morgan fingerprint density at radius 3 is 2.91 bits per heavy atom. The first kappa shape index (κ1) is 15.2. The number of unbranched alkanes of at least 4 members (excludes halogenated alkanes) is 1. The number of aromatic nitrogens is 3. The van der Waals surface area contributed by atoms with Crippen molar-refractivity contribution in [2.45, 2.75) is 33.2 Å². The number of hydrogen-bond donors (Lipinski definition) is 1. The second-order valence-corrected chi connectivity index (χ2v) is 5.58. The SMILES string of the molecule is CCCCn1ncc(C)c1NC(=O)c1ccnc2ccccc12. The van der Waals surface area contributed by atoms with Crippen LogP contribution in [0.4, 0.5) is 5.82 Å². The number of nitrogens with one attached hydrogen (secondary N) is 1. The third-order valence-corrected chi connectivity index (χ3v) is 3.87. The zero-order chi connectivity index (χ0) is 16.2. The molecule has 3 rings (SSSR count). The highest BCUT2D eigenvalue weighted by Gasteiger charge is 2.14. The topological polar surface area (TPSA) is 59.8 Å². The molecule has 0 bridgehead atoms. The van der Waals surface area contributed by atoms with Crippen LogP contribution in [0.25, 0.3) is 10.9 Å². The Bertz CT molecular complexity index is 833. The average molecular weight is 308 g/mol. The minimum absolute atomic E-state index is 0.134. The van der Waals surface area contributed by atoms with Gasteiger partial charge in [0.15, 0.2) is 0 Å². The van der Waals surface area contributed by atoms with Crippen LogP contribution in [0.15, 0.2) is 42.7 Å². The van der Waals surface area contributed by atoms with Crippen molar-refractivity contribution in [1.82, 2.24) is 14.8 Å². The van der Waals surface area contributed by atoms with Gasteiger partial charge in [0.1, 0.15) is 5.82 Å². The lowest BCUT2D eigenvalue weighted by molar-refractivity contribution is 0.102. The zero-order valence-corrected chi connectivity index (χ0v) is 13.4. The van der Waals surface area contributed by atoms with E-state index in [1.165, 1.54) is 0 Å². The first-order valence-corrected chi connectivity index (χ1v) is 7.88. The summed E-state index contributed by atoms with van der Waals surface area (Å²) < 4.78 is 1.86. The fourth-order valence-corrected chi connectivity index (χ4v) is 2.59. The van der Waals surface area contributed by atoms with E-state index < -0.39 is 0 Å². The van der Waals surface area contributed by atoms with Crippen molar-refractivity contribution in [2.24, 2.45) is 0 Å². The molecule has 118 valence electrons. The third kappa shape index (κ3) is 3.08. The summed E-state index contributed by atoms with van der Waals surface area (Å²) in [7, 11) is 0. The summed E-state index contributed by atoms with van der Waals surface area (Å²) in [6.07, 6.45) is 5.57. The van der Waals surface area contributed by atoms with Gasteiger partial charge in [0.2, 0.25) is 0 Å². The van der Waals surface area contributed by atoms with Crippen LogP contribution in [0, 0.1) is 6.92 Å². The van der Waals surface area contributed by atoms with Crippen molar-refractivity contribution in [3.8, 4) is 0 Å². The van der Waals surface area contributed by atoms with Crippen molar-refractivity contribution in [3.05, 3.63) is 53.9 Å². The third-order valence-electron chi connectivity index (χ3n) is 3.87. The maximum absolute atomic E-state index is 12.7. The highest BCUT2D eigenvalue weighted by molar-refractivity contribution is 6.12. The van der Waals surface area contributed by atoms with Crippen LogP contribution >= 0.6 is 0 Å². The van der Waals surface area contributed by atoms with Gasteiger partial charge in [0.25, 0.3) is 5.91 Å². The summed E-state index contributed by atoms with van der Waals surface area (Å²) >= 11 is 0. The summed E-state index contributed by atoms with van der Waals surface area (Å²) in [6.45, 7) is 4.89. The monoisotopic (exact) mass is 308 g/mol. The molecular formula is C18H20N4O. The van der Waals surface area contributed by atoms with E-state index in [9.17, 15) is 4.79 Å². The Morgan fingerprint density at radius 2 is 2.09 bits per heavy atom. The maximum atomic E-state index is 12.7. The smallest absolute Gasteiger partial charge is 0.257 e. The number of para-hydroxylation sites is 1. The quantitative estimate of drug-likeness (QED) is 0.780. The van der Waals surface area contributed by atoms with E-state index in [1.807, 2.05) is 35.9 Å². The van der Waals surface area contributed by atoms with Crippen LogP contribution in [0.2, 0.25) is 0 Å². The largest absolute Gasteiger partial charge is 0.307 e. The molecule has 1 N–H and O–H groups in total. The second kappa shape index (κ2) is 6.60. The predicted octanol–water partition coefficient (Wildman–Crippen LogP) is 3.79. The highest BCUT2D eigenvalue weighted by Crippen LogP contribution is 2.20. The number of aryl methyl sites for hydroxylation is 2. The van der Waals surface area contributed by atoms with Gasteiger partial charge in [-0.05, 0) is 25.5 Å². The Labute approximate surface area is 135 Å². The van der Waals surface area contributed by atoms with E-state index in [4.69, 9.17) is 0 Å². The molecule has 0 atom stereocenters. The molecule has 1 amide bonds. The van der Waals surface area contributed by atoms with Gasteiger partial charge in [0, 0.05) is 23.7 Å². The van der Waals surface area contributed by atoms with Crippen molar-refractivity contribution in [3.63, 3.8) is 0 Å². The lowest BCUT2D eigenvalue weighted by Crippen LogP contribution is -2.17. The van der Waals surface area contributed by atoms with Gasteiger partial charge >= 0.3 is 0 Å². The number of amides is 1. The van der Waals surface area contributed by atoms with Crippen LogP contribution in [0.3, 0.4) is 0 Å². The molecule has 0 fully saturated rings. The zero-order valence-electron chi connectivity index (χ0n) is 13.4. The Morgan fingerprint density at radius 1 is 1.26 bits per heavy atom. The van der Waals surface area contributed by atoms with Gasteiger partial charge in [-0.3, -0.25) is 9.78 Å². The van der Waals surface area contributed by atoms with Crippen molar-refractivity contribution >= 4 is 22.6 Å². The maximum Gasteiger partial charge on any atom is 0.257 e. The molecule has 0 unspecified atom stereocenters. The van der Waals surface area contributed by atoms with Gasteiger partial charge in [-0.2, -0.15) is 5.10 Å². The van der Waals surface area contributed by atoms with Crippen molar-refractivity contribution in [2.75, 3.05) is 5.32 Å². The molecule has 0 aliphatic heterocycles. The van der Waals surface area contributed by atoms with E-state index in [1.54, 1.807) is 18.5 Å². The molecule has 2 aromatic heterocycles. The lowest BCUT2D eigenvalue weighted by Gasteiger charge is -2.11. The molecule has 0 spiro atoms. The van der Waals surface area contributed by atoms with E-state index in [0.717, 1.165) is 41.7 Å². The van der Waals surface area contributed by atoms with Gasteiger partial charge < -0.3 is 5.32 Å². The van der Waals surface area contributed by atoms with E-state index >= 15 is 0 Å². The number of carbonyl (C=O) groups is 1. The minimum atomic E-state index is -0.134. The fraction of sp³-hybridized carbons (Fsp3) is 0.278. The van der Waals surface area contributed by atoms with Crippen molar-refractivity contribution < 1.29 is 4.79 Å². The molecule has 1 aromatic carbocycles. The van der Waals surface area contributed by atoms with E-state index in [0.29, 0.717) is 5.56 Å². The summed E-state index contributed by atoms with van der Waals surface area (Å²) in [4.78, 5) is 17.0. The number of rotatable bonds is 5. The molecule has 5 nitrogen and oxygen atoms in total. The number of pyridine rings is 1. The van der Waals surface area contributed by atoms with Crippen LogP contribution < -0.4 is 5.32 Å². The molecular weight excluding hydrogens is 288 g/mol. The molecule has 0 saturated heterocycles. The van der Waals surface area contributed by atoms with Gasteiger partial charge in [-0.25, -0.2) is 4.68 Å². The highest BCUT2D eigenvalue weighted by atomic mass is 16.1. The first-order chi connectivity index (χ1) is 11.2. The van der Waals surface area contributed by atoms with Crippen LogP contribution in [0.1, 0.15) is 35.7 Å². The van der Waals surface area contributed by atoms with Crippen molar-refractivity contribution in [1.29, 1.82) is 0 Å². The Balaban J connectivity index is 1.91. The summed E-state index contributed by atoms with van der Waals surface area (Å²) in [6, 6.07) is 9.40. The van der Waals surface area contributed by atoms with E-state index in [-0.39, 0.29) is 5.91 Å². The van der Waals surface area contributed by atoms with Crippen LogP contribution in [0.5, 0.6) is 0 Å². The second-order valence-electron chi connectivity index (χ2n) is 5.58. The molecule has 23 heavy (non-hydrogen) atoms. The number of carbonyl (C=O) groups excluding carboxylic acids is 1. The van der Waals surface area contributed by atoms with Crippen LogP contribution in [-0.2, 0) is 6.54 Å². The molecule has 0 radical (unpaired) electrons. The summed E-state index contributed by atoms with van der Waals surface area (Å²) in [5.74, 6) is 0.634. The minimum Gasteiger partial charge on any atom is -0.307 e. The van der Waals surface area contributed by atoms with Crippen LogP contribution in [-0.4, -0.2) is 20.7 Å². The molecule has 0 aliphatic rings. The van der Waals surface area contributed by atoms with Gasteiger partial charge in [0.05, 0.1) is 17.3 Å². The first-order valence-electron chi connectivity index (χ1n) is 7.88.